The molecule has 0 aliphatic heterocycles. The summed E-state index contributed by atoms with van der Waals surface area (Å²) in [5.41, 5.74) is 0.839. The largest absolute Gasteiger partial charge is 0.286 e. The Balaban J connectivity index is 2.69. The van der Waals surface area contributed by atoms with Crippen LogP contribution < -0.4 is 0 Å². The molecule has 0 heterocycles. The van der Waals surface area contributed by atoms with Gasteiger partial charge < -0.3 is 0 Å². The monoisotopic (exact) mass is 240 g/mol. The molecule has 1 rings (SSSR count). The Hall–Kier alpha value is -1.11. The molecule has 0 bridgehead atoms. The zero-order chi connectivity index (χ0) is 12.0. The molecule has 0 saturated heterocycles. The van der Waals surface area contributed by atoms with Crippen LogP contribution >= 0.6 is 11.6 Å². The van der Waals surface area contributed by atoms with Crippen molar-refractivity contribution in [2.24, 2.45) is 0 Å². The first-order valence-electron chi connectivity index (χ1n) is 5.20. The van der Waals surface area contributed by atoms with Gasteiger partial charge in [-0.05, 0) is 30.7 Å². The van der Waals surface area contributed by atoms with E-state index in [1.165, 1.54) is 6.07 Å². The van der Waals surface area contributed by atoms with E-state index in [4.69, 9.17) is 16.9 Å². The molecule has 0 amide bonds. The number of benzene rings is 1. The zero-order valence-electron chi connectivity index (χ0n) is 9.21. The molecule has 86 valence electrons. The highest BCUT2D eigenvalue weighted by Crippen LogP contribution is 2.16. The summed E-state index contributed by atoms with van der Waals surface area (Å²) in [6.45, 7) is 3.82. The molecule has 0 spiro atoms. The molecule has 4 heteroatoms. The highest BCUT2D eigenvalue weighted by molar-refractivity contribution is 6.30. The van der Waals surface area contributed by atoms with Gasteiger partial charge in [0.2, 0.25) is 0 Å². The van der Waals surface area contributed by atoms with Crippen molar-refractivity contribution in [3.8, 4) is 6.07 Å². The van der Waals surface area contributed by atoms with Crippen LogP contribution in [-0.4, -0.2) is 18.0 Å². The first-order chi connectivity index (χ1) is 7.67. The van der Waals surface area contributed by atoms with Crippen LogP contribution in [0.1, 0.15) is 18.9 Å². The van der Waals surface area contributed by atoms with Crippen molar-refractivity contribution in [1.29, 1.82) is 5.26 Å². The zero-order valence-corrected chi connectivity index (χ0v) is 9.97. The topological polar surface area (TPSA) is 27.0 Å². The molecular weight excluding hydrogens is 227 g/mol. The van der Waals surface area contributed by atoms with E-state index < -0.39 is 5.82 Å². The maximum Gasteiger partial charge on any atom is 0.142 e. The van der Waals surface area contributed by atoms with E-state index in [0.29, 0.717) is 13.1 Å². The molecule has 0 radical (unpaired) electrons. The maximum absolute atomic E-state index is 13.2. The van der Waals surface area contributed by atoms with E-state index in [2.05, 4.69) is 6.07 Å². The number of hydrogen-bond acceptors (Lipinski definition) is 2. The number of halogens is 2. The standard InChI is InChI=1S/C12H14ClFN2/c1-2-6-16(7-5-15)9-10-3-4-11(13)12(14)8-10/h3-4,8H,2,6-7,9H2,1H3. The Morgan fingerprint density at radius 2 is 2.25 bits per heavy atom. The lowest BCUT2D eigenvalue weighted by molar-refractivity contribution is 0.298. The molecule has 0 N–H and O–H groups in total. The van der Waals surface area contributed by atoms with Crippen LogP contribution in [0.3, 0.4) is 0 Å². The molecule has 0 fully saturated rings. The third-order valence-corrected chi connectivity index (χ3v) is 2.53. The quantitative estimate of drug-likeness (QED) is 0.739. The third-order valence-electron chi connectivity index (χ3n) is 2.22. The third kappa shape index (κ3) is 3.80. The minimum atomic E-state index is -0.410. The lowest BCUT2D eigenvalue weighted by Crippen LogP contribution is -2.24. The van der Waals surface area contributed by atoms with Crippen LogP contribution in [0.5, 0.6) is 0 Å². The summed E-state index contributed by atoms with van der Waals surface area (Å²) in [4.78, 5) is 1.97. The van der Waals surface area contributed by atoms with Crippen molar-refractivity contribution in [3.63, 3.8) is 0 Å². The normalized spacial score (nSPS) is 10.4. The summed E-state index contributed by atoms with van der Waals surface area (Å²) in [6.07, 6.45) is 0.970. The average Bonchev–Trinajstić information content (AvgIpc) is 2.24. The van der Waals surface area contributed by atoms with E-state index in [9.17, 15) is 4.39 Å². The summed E-state index contributed by atoms with van der Waals surface area (Å²) in [6, 6.07) is 6.85. The van der Waals surface area contributed by atoms with Crippen LogP contribution in [0.2, 0.25) is 5.02 Å². The van der Waals surface area contributed by atoms with Gasteiger partial charge in [0.1, 0.15) is 5.82 Å². The average molecular weight is 241 g/mol. The lowest BCUT2D eigenvalue weighted by atomic mass is 10.2. The second kappa shape index (κ2) is 6.47. The molecule has 0 unspecified atom stereocenters. The molecule has 0 atom stereocenters. The fourth-order valence-corrected chi connectivity index (χ4v) is 1.64. The van der Waals surface area contributed by atoms with Crippen molar-refractivity contribution in [3.05, 3.63) is 34.6 Å². The summed E-state index contributed by atoms with van der Waals surface area (Å²) < 4.78 is 13.2. The van der Waals surface area contributed by atoms with Gasteiger partial charge in [-0.25, -0.2) is 4.39 Å². The second-order valence-electron chi connectivity index (χ2n) is 3.62. The lowest BCUT2D eigenvalue weighted by Gasteiger charge is -2.18. The van der Waals surface area contributed by atoms with Gasteiger partial charge in [-0.3, -0.25) is 4.90 Å². The van der Waals surface area contributed by atoms with Crippen LogP contribution in [0.4, 0.5) is 4.39 Å². The first kappa shape index (κ1) is 13.0. The Kier molecular flexibility index (Phi) is 5.24. The Bertz CT molecular complexity index is 387. The highest BCUT2D eigenvalue weighted by Gasteiger charge is 2.06. The molecule has 0 saturated carbocycles. The number of rotatable bonds is 5. The van der Waals surface area contributed by atoms with Crippen molar-refractivity contribution >= 4 is 11.6 Å². The van der Waals surface area contributed by atoms with Crippen LogP contribution in [0.25, 0.3) is 0 Å². The summed E-state index contributed by atoms with van der Waals surface area (Å²) in [5.74, 6) is -0.410. The van der Waals surface area contributed by atoms with Crippen molar-refractivity contribution < 1.29 is 4.39 Å². The van der Waals surface area contributed by atoms with Crippen molar-refractivity contribution in [2.75, 3.05) is 13.1 Å². The van der Waals surface area contributed by atoms with Crippen LogP contribution in [0, 0.1) is 17.1 Å². The molecule has 0 aliphatic carbocycles. The molecule has 0 aliphatic rings. The SMILES string of the molecule is CCCN(CC#N)Cc1ccc(Cl)c(F)c1. The number of hydrogen-bond donors (Lipinski definition) is 0. The van der Waals surface area contributed by atoms with E-state index in [0.717, 1.165) is 18.5 Å². The predicted molar refractivity (Wildman–Crippen MR) is 62.6 cm³/mol. The smallest absolute Gasteiger partial charge is 0.142 e. The van der Waals surface area contributed by atoms with Crippen LogP contribution in [0.15, 0.2) is 18.2 Å². The Morgan fingerprint density at radius 3 is 2.81 bits per heavy atom. The van der Waals surface area contributed by atoms with Gasteiger partial charge >= 0.3 is 0 Å². The van der Waals surface area contributed by atoms with Gasteiger partial charge in [-0.15, -0.1) is 0 Å². The minimum absolute atomic E-state index is 0.131. The minimum Gasteiger partial charge on any atom is -0.286 e. The molecule has 16 heavy (non-hydrogen) atoms. The molecule has 1 aromatic rings. The first-order valence-corrected chi connectivity index (χ1v) is 5.58. The fraction of sp³-hybridized carbons (Fsp3) is 0.417. The Labute approximate surface area is 100 Å². The fourth-order valence-electron chi connectivity index (χ4n) is 1.53. The van der Waals surface area contributed by atoms with E-state index >= 15 is 0 Å². The van der Waals surface area contributed by atoms with Gasteiger partial charge in [-0.1, -0.05) is 24.6 Å². The highest BCUT2D eigenvalue weighted by atomic mass is 35.5. The van der Waals surface area contributed by atoms with Gasteiger partial charge in [0, 0.05) is 6.54 Å². The molecular formula is C12H14ClFN2. The number of nitriles is 1. The molecule has 1 aromatic carbocycles. The second-order valence-corrected chi connectivity index (χ2v) is 4.02. The summed E-state index contributed by atoms with van der Waals surface area (Å²) >= 11 is 5.60. The van der Waals surface area contributed by atoms with Crippen molar-refractivity contribution in [2.45, 2.75) is 19.9 Å². The maximum atomic E-state index is 13.2. The molecule has 0 aromatic heterocycles. The summed E-state index contributed by atoms with van der Waals surface area (Å²) in [5, 5.41) is 8.78. The van der Waals surface area contributed by atoms with Gasteiger partial charge in [-0.2, -0.15) is 5.26 Å². The Morgan fingerprint density at radius 1 is 1.50 bits per heavy atom. The van der Waals surface area contributed by atoms with E-state index in [1.807, 2.05) is 11.8 Å². The molecule has 2 nitrogen and oxygen atoms in total. The van der Waals surface area contributed by atoms with Crippen molar-refractivity contribution in [1.82, 2.24) is 4.90 Å². The van der Waals surface area contributed by atoms with Gasteiger partial charge in [0.15, 0.2) is 0 Å². The van der Waals surface area contributed by atoms with Gasteiger partial charge in [0.25, 0.3) is 0 Å². The predicted octanol–water partition coefficient (Wildman–Crippen LogP) is 3.21. The number of nitrogens with zero attached hydrogens (tertiary/aromatic N) is 2. The van der Waals surface area contributed by atoms with Crippen LogP contribution in [-0.2, 0) is 6.54 Å². The van der Waals surface area contributed by atoms with Gasteiger partial charge in [0.05, 0.1) is 17.6 Å². The van der Waals surface area contributed by atoms with E-state index in [-0.39, 0.29) is 5.02 Å². The summed E-state index contributed by atoms with van der Waals surface area (Å²) in [7, 11) is 0. The van der Waals surface area contributed by atoms with E-state index in [1.54, 1.807) is 12.1 Å².